The highest BCUT2D eigenvalue weighted by atomic mass is 32.1. The minimum absolute atomic E-state index is 0.163. The van der Waals surface area contributed by atoms with Crippen LogP contribution in [-0.4, -0.2) is 33.8 Å². The molecule has 0 aliphatic rings. The van der Waals surface area contributed by atoms with E-state index < -0.39 is 29.0 Å². The summed E-state index contributed by atoms with van der Waals surface area (Å²) >= 11 is 1.31. The molecule has 136 valence electrons. The summed E-state index contributed by atoms with van der Waals surface area (Å²) in [6.07, 6.45) is 1.62. The Morgan fingerprint density at radius 1 is 1.31 bits per heavy atom. The number of rotatable bonds is 5. The van der Waals surface area contributed by atoms with Crippen molar-refractivity contribution in [3.63, 3.8) is 0 Å². The van der Waals surface area contributed by atoms with Gasteiger partial charge < -0.3 is 5.32 Å². The van der Waals surface area contributed by atoms with E-state index >= 15 is 0 Å². The smallest absolute Gasteiger partial charge is 0.258 e. The van der Waals surface area contributed by atoms with E-state index in [1.165, 1.54) is 21.8 Å². The molecule has 0 unspecified atom stereocenters. The van der Waals surface area contributed by atoms with Gasteiger partial charge in [-0.25, -0.2) is 18.2 Å². The molecule has 0 spiro atoms. The molecule has 2 heterocycles. The first-order chi connectivity index (χ1) is 12.3. The van der Waals surface area contributed by atoms with E-state index in [-0.39, 0.29) is 18.6 Å². The van der Waals surface area contributed by atoms with Crippen LogP contribution in [0.1, 0.15) is 5.69 Å². The highest BCUT2D eigenvalue weighted by molar-refractivity contribution is 7.15. The van der Waals surface area contributed by atoms with Crippen molar-refractivity contribution in [2.45, 2.75) is 6.54 Å². The van der Waals surface area contributed by atoms with Crippen LogP contribution < -0.4 is 10.9 Å². The zero-order chi connectivity index (χ0) is 18.8. The van der Waals surface area contributed by atoms with Crippen LogP contribution >= 0.6 is 11.3 Å². The Kier molecular flexibility index (Phi) is 5.05. The highest BCUT2D eigenvalue weighted by Gasteiger charge is 2.16. The predicted octanol–water partition coefficient (Wildman–Crippen LogP) is 2.24. The maximum atomic E-state index is 13.6. The predicted molar refractivity (Wildman–Crippen MR) is 90.6 cm³/mol. The average molecular weight is 382 g/mol. The maximum absolute atomic E-state index is 13.6. The molecule has 2 aromatic heterocycles. The Morgan fingerprint density at radius 2 is 2.08 bits per heavy atom. The number of nitrogens with zero attached hydrogens (tertiary/aromatic N) is 3. The number of fused-ring (bicyclic) bond motifs is 1. The number of aromatic nitrogens is 2. The standard InChI is InChI=1S/C16H13F3N4O2S/c1-22(7-9-6-13(25)23-4-5-26-16(23)20-9)8-12(24)21-11-3-2-10(17)14(18)15(11)19/h2-6H,7-8H2,1H3,(H,21,24). The van der Waals surface area contributed by atoms with Crippen molar-refractivity contribution in [3.05, 3.63) is 63.3 Å². The lowest BCUT2D eigenvalue weighted by molar-refractivity contribution is -0.117. The molecule has 1 N–H and O–H groups in total. The van der Waals surface area contributed by atoms with E-state index in [4.69, 9.17) is 0 Å². The summed E-state index contributed by atoms with van der Waals surface area (Å²) in [5, 5.41) is 3.92. The van der Waals surface area contributed by atoms with Gasteiger partial charge in [0.1, 0.15) is 0 Å². The lowest BCUT2D eigenvalue weighted by Crippen LogP contribution is -2.31. The molecule has 1 amide bonds. The van der Waals surface area contributed by atoms with Crippen molar-refractivity contribution >= 4 is 27.9 Å². The first kappa shape index (κ1) is 18.1. The highest BCUT2D eigenvalue weighted by Crippen LogP contribution is 2.19. The second-order valence-electron chi connectivity index (χ2n) is 5.58. The average Bonchev–Trinajstić information content (AvgIpc) is 3.04. The molecule has 6 nitrogen and oxygen atoms in total. The van der Waals surface area contributed by atoms with Crippen molar-refractivity contribution in [2.24, 2.45) is 0 Å². The molecular weight excluding hydrogens is 369 g/mol. The van der Waals surface area contributed by atoms with Gasteiger partial charge in [0.15, 0.2) is 22.4 Å². The second kappa shape index (κ2) is 7.26. The number of hydrogen-bond acceptors (Lipinski definition) is 5. The van der Waals surface area contributed by atoms with Gasteiger partial charge in [-0.05, 0) is 19.2 Å². The first-order valence-electron chi connectivity index (χ1n) is 7.43. The Morgan fingerprint density at radius 3 is 2.85 bits per heavy atom. The van der Waals surface area contributed by atoms with Crippen LogP contribution in [0.4, 0.5) is 18.9 Å². The van der Waals surface area contributed by atoms with Crippen LogP contribution in [0, 0.1) is 17.5 Å². The molecule has 10 heteroatoms. The maximum Gasteiger partial charge on any atom is 0.258 e. The molecule has 0 aliphatic heterocycles. The van der Waals surface area contributed by atoms with Crippen LogP contribution in [-0.2, 0) is 11.3 Å². The molecule has 0 saturated heterocycles. The summed E-state index contributed by atoms with van der Waals surface area (Å²) in [4.78, 5) is 30.3. The van der Waals surface area contributed by atoms with E-state index in [2.05, 4.69) is 10.3 Å². The Bertz CT molecular complexity index is 1030. The Labute approximate surface area is 149 Å². The number of carbonyl (C=O) groups is 1. The van der Waals surface area contributed by atoms with Gasteiger partial charge in [0, 0.05) is 24.2 Å². The first-order valence-corrected chi connectivity index (χ1v) is 8.31. The van der Waals surface area contributed by atoms with Gasteiger partial charge in [-0.2, -0.15) is 0 Å². The summed E-state index contributed by atoms with van der Waals surface area (Å²) in [6.45, 7) is 0.0429. The molecule has 0 saturated carbocycles. The summed E-state index contributed by atoms with van der Waals surface area (Å²) in [5.41, 5.74) is -0.196. The molecule has 0 fully saturated rings. The Hall–Kier alpha value is -2.72. The number of hydrogen-bond donors (Lipinski definition) is 1. The second-order valence-corrected chi connectivity index (χ2v) is 6.46. The van der Waals surface area contributed by atoms with Gasteiger partial charge >= 0.3 is 0 Å². The number of carbonyl (C=O) groups excluding carboxylic acids is 1. The topological polar surface area (TPSA) is 66.7 Å². The fourth-order valence-electron chi connectivity index (χ4n) is 2.36. The molecule has 0 bridgehead atoms. The molecule has 0 atom stereocenters. The molecule has 0 aliphatic carbocycles. The third-order valence-electron chi connectivity index (χ3n) is 3.51. The molecular formula is C16H13F3N4O2S. The summed E-state index contributed by atoms with van der Waals surface area (Å²) in [5.74, 6) is -5.06. The Balaban J connectivity index is 1.65. The number of likely N-dealkylation sites (N-methyl/N-ethyl adjacent to an activating group) is 1. The largest absolute Gasteiger partial charge is 0.322 e. The number of thiazole rings is 1. The van der Waals surface area contributed by atoms with Gasteiger partial charge in [0.05, 0.1) is 17.9 Å². The molecule has 26 heavy (non-hydrogen) atoms. The number of anilines is 1. The fraction of sp³-hybridized carbons (Fsp3) is 0.188. The van der Waals surface area contributed by atoms with E-state index in [1.54, 1.807) is 23.5 Å². The van der Waals surface area contributed by atoms with Crippen molar-refractivity contribution < 1.29 is 18.0 Å². The zero-order valence-corrected chi connectivity index (χ0v) is 14.3. The van der Waals surface area contributed by atoms with Gasteiger partial charge in [0.2, 0.25) is 5.91 Å². The van der Waals surface area contributed by atoms with Gasteiger partial charge in [-0.15, -0.1) is 11.3 Å². The summed E-state index contributed by atoms with van der Waals surface area (Å²) in [7, 11) is 1.61. The normalized spacial score (nSPS) is 11.3. The third kappa shape index (κ3) is 3.75. The third-order valence-corrected chi connectivity index (χ3v) is 4.27. The van der Waals surface area contributed by atoms with Crippen LogP contribution in [0.2, 0.25) is 0 Å². The number of amides is 1. The van der Waals surface area contributed by atoms with Crippen LogP contribution in [0.5, 0.6) is 0 Å². The van der Waals surface area contributed by atoms with Crippen molar-refractivity contribution in [2.75, 3.05) is 18.9 Å². The van der Waals surface area contributed by atoms with Crippen molar-refractivity contribution in [1.29, 1.82) is 0 Å². The van der Waals surface area contributed by atoms with Gasteiger partial charge in [-0.1, -0.05) is 0 Å². The van der Waals surface area contributed by atoms with Gasteiger partial charge in [-0.3, -0.25) is 18.9 Å². The van der Waals surface area contributed by atoms with E-state index in [0.29, 0.717) is 10.7 Å². The SMILES string of the molecule is CN(CC(=O)Nc1ccc(F)c(F)c1F)Cc1cc(=O)n2ccsc2n1. The lowest BCUT2D eigenvalue weighted by Gasteiger charge is -2.16. The fourth-order valence-corrected chi connectivity index (χ4v) is 3.10. The lowest BCUT2D eigenvalue weighted by atomic mass is 10.2. The van der Waals surface area contributed by atoms with Crippen molar-refractivity contribution in [3.8, 4) is 0 Å². The van der Waals surface area contributed by atoms with Crippen LogP contribution in [0.3, 0.4) is 0 Å². The number of benzene rings is 1. The van der Waals surface area contributed by atoms with Crippen LogP contribution in [0.25, 0.3) is 4.96 Å². The quantitative estimate of drug-likeness (QED) is 0.688. The summed E-state index contributed by atoms with van der Waals surface area (Å²) < 4.78 is 41.1. The number of halogens is 3. The summed E-state index contributed by atoms with van der Waals surface area (Å²) in [6, 6.07) is 3.04. The van der Waals surface area contributed by atoms with E-state index in [9.17, 15) is 22.8 Å². The van der Waals surface area contributed by atoms with E-state index in [1.807, 2.05) is 0 Å². The van der Waals surface area contributed by atoms with Crippen molar-refractivity contribution in [1.82, 2.24) is 14.3 Å². The van der Waals surface area contributed by atoms with Gasteiger partial charge in [0.25, 0.3) is 5.56 Å². The zero-order valence-electron chi connectivity index (χ0n) is 13.5. The number of nitrogens with one attached hydrogen (secondary N) is 1. The van der Waals surface area contributed by atoms with E-state index in [0.717, 1.165) is 12.1 Å². The molecule has 1 aromatic carbocycles. The molecule has 0 radical (unpaired) electrons. The molecule has 3 rings (SSSR count). The monoisotopic (exact) mass is 382 g/mol. The van der Waals surface area contributed by atoms with Crippen LogP contribution in [0.15, 0.2) is 34.6 Å². The minimum atomic E-state index is -1.65. The minimum Gasteiger partial charge on any atom is -0.322 e. The molecule has 3 aromatic rings.